The van der Waals surface area contributed by atoms with Crippen LogP contribution < -0.4 is 9.47 Å². The van der Waals surface area contributed by atoms with Crippen LogP contribution in [0.3, 0.4) is 0 Å². The molecule has 4 rings (SSSR count). The number of nitrogens with zero attached hydrogens (tertiary/aromatic N) is 1. The Labute approximate surface area is 172 Å². The van der Waals surface area contributed by atoms with E-state index in [-0.39, 0.29) is 18.5 Å². The summed E-state index contributed by atoms with van der Waals surface area (Å²) in [6.07, 6.45) is 1.72. The maximum Gasteiger partial charge on any atom is 0.131 e. The van der Waals surface area contributed by atoms with Gasteiger partial charge in [-0.05, 0) is 42.7 Å². The molecule has 0 aliphatic carbocycles. The van der Waals surface area contributed by atoms with Crippen molar-refractivity contribution in [2.75, 3.05) is 32.9 Å². The van der Waals surface area contributed by atoms with E-state index < -0.39 is 0 Å². The quantitative estimate of drug-likeness (QED) is 0.693. The summed E-state index contributed by atoms with van der Waals surface area (Å²) < 4.78 is 25.1. The van der Waals surface area contributed by atoms with Crippen LogP contribution in [0.25, 0.3) is 5.57 Å². The smallest absolute Gasteiger partial charge is 0.131 e. The Hall–Kier alpha value is -2.05. The van der Waals surface area contributed by atoms with Crippen molar-refractivity contribution < 1.29 is 19.0 Å². The summed E-state index contributed by atoms with van der Waals surface area (Å²) in [6.45, 7) is 2.79. The molecule has 0 radical (unpaired) electrons. The third-order valence-corrected chi connectivity index (χ3v) is 5.77. The van der Waals surface area contributed by atoms with Crippen molar-refractivity contribution in [1.29, 1.82) is 0 Å². The lowest BCUT2D eigenvalue weighted by Crippen LogP contribution is -2.26. The Morgan fingerprint density at radius 2 is 2.04 bits per heavy atom. The molecule has 0 aromatic heterocycles. The molecule has 4 nitrogen and oxygen atoms in total. The van der Waals surface area contributed by atoms with Gasteiger partial charge in [0.05, 0.1) is 6.67 Å². The first-order chi connectivity index (χ1) is 13.6. The number of rotatable bonds is 6. The fourth-order valence-corrected chi connectivity index (χ4v) is 4.34. The van der Waals surface area contributed by atoms with Gasteiger partial charge in [0.1, 0.15) is 30.0 Å². The largest absolute Gasteiger partial charge is 0.508 e. The van der Waals surface area contributed by atoms with E-state index >= 15 is 0 Å². The van der Waals surface area contributed by atoms with Gasteiger partial charge in [0.15, 0.2) is 0 Å². The number of aromatic hydroxyl groups is 1. The van der Waals surface area contributed by atoms with Crippen LogP contribution in [0.4, 0.5) is 4.39 Å². The fourth-order valence-electron chi connectivity index (χ4n) is 3.78. The molecule has 2 heterocycles. The fraction of sp³-hybridized carbons (Fsp3) is 0.364. The number of hydrogen-bond acceptors (Lipinski definition) is 4. The van der Waals surface area contributed by atoms with Gasteiger partial charge in [0.25, 0.3) is 0 Å². The average molecular weight is 448 g/mol. The van der Waals surface area contributed by atoms with Crippen LogP contribution in [0.2, 0.25) is 0 Å². The van der Waals surface area contributed by atoms with Gasteiger partial charge in [0.2, 0.25) is 0 Å². The molecule has 28 heavy (non-hydrogen) atoms. The Kier molecular flexibility index (Phi) is 5.87. The third-order valence-electron chi connectivity index (χ3n) is 5.14. The minimum absolute atomic E-state index is 0.156. The van der Waals surface area contributed by atoms with E-state index in [1.54, 1.807) is 12.1 Å². The van der Waals surface area contributed by atoms with Gasteiger partial charge in [-0.2, -0.15) is 0 Å². The lowest BCUT2D eigenvalue weighted by Gasteiger charge is -2.22. The first kappa shape index (κ1) is 19.3. The van der Waals surface area contributed by atoms with Gasteiger partial charge in [0, 0.05) is 41.3 Å². The second-order valence-electron chi connectivity index (χ2n) is 7.15. The minimum Gasteiger partial charge on any atom is -0.508 e. The molecule has 1 saturated heterocycles. The normalized spacial score (nSPS) is 19.4. The van der Waals surface area contributed by atoms with E-state index in [1.807, 2.05) is 30.3 Å². The van der Waals surface area contributed by atoms with Crippen molar-refractivity contribution in [1.82, 2.24) is 4.90 Å². The topological polar surface area (TPSA) is 41.9 Å². The average Bonchev–Trinajstić information content (AvgIpc) is 3.14. The molecule has 1 atom stereocenters. The molecule has 1 N–H and O–H groups in total. The number of fused-ring (bicyclic) bond motifs is 1. The Balaban J connectivity index is 1.47. The lowest BCUT2D eigenvalue weighted by atomic mass is 9.95. The predicted octanol–water partition coefficient (Wildman–Crippen LogP) is 4.75. The summed E-state index contributed by atoms with van der Waals surface area (Å²) >= 11 is 3.63. The van der Waals surface area contributed by atoms with Crippen molar-refractivity contribution in [3.8, 4) is 17.2 Å². The van der Waals surface area contributed by atoms with Crippen LogP contribution in [-0.2, 0) is 0 Å². The summed E-state index contributed by atoms with van der Waals surface area (Å²) in [4.78, 5) is 2.26. The summed E-state index contributed by atoms with van der Waals surface area (Å²) in [6, 6.07) is 13.2. The van der Waals surface area contributed by atoms with Crippen molar-refractivity contribution in [3.05, 3.63) is 58.1 Å². The number of hydrogen-bond donors (Lipinski definition) is 1. The zero-order valence-corrected chi connectivity index (χ0v) is 17.1. The molecule has 2 aromatic carbocycles. The number of alkyl halides is 1. The number of phenols is 1. The monoisotopic (exact) mass is 447 g/mol. The molecule has 0 spiro atoms. The van der Waals surface area contributed by atoms with Gasteiger partial charge in [-0.25, -0.2) is 0 Å². The highest BCUT2D eigenvalue weighted by atomic mass is 79.9. The molecular weight excluding hydrogens is 425 g/mol. The number of phenolic OH excluding ortho intramolecular Hbond substituents is 1. The van der Waals surface area contributed by atoms with Crippen molar-refractivity contribution in [2.24, 2.45) is 0 Å². The van der Waals surface area contributed by atoms with Gasteiger partial charge in [-0.15, -0.1) is 0 Å². The zero-order chi connectivity index (χ0) is 19.5. The Morgan fingerprint density at radius 1 is 1.21 bits per heavy atom. The van der Waals surface area contributed by atoms with Gasteiger partial charge >= 0.3 is 0 Å². The van der Waals surface area contributed by atoms with Crippen LogP contribution in [0, 0.1) is 0 Å². The predicted molar refractivity (Wildman–Crippen MR) is 111 cm³/mol. The molecule has 2 aromatic rings. The van der Waals surface area contributed by atoms with Crippen molar-refractivity contribution >= 4 is 21.5 Å². The summed E-state index contributed by atoms with van der Waals surface area (Å²) in [5.41, 5.74) is 3.07. The first-order valence-electron chi connectivity index (χ1n) is 9.54. The second-order valence-corrected chi connectivity index (χ2v) is 8.10. The number of likely N-dealkylation sites (tertiary alicyclic amines) is 1. The molecule has 2 aliphatic heterocycles. The molecule has 0 unspecified atom stereocenters. The van der Waals surface area contributed by atoms with E-state index in [9.17, 15) is 9.50 Å². The standard InChI is InChI=1S/C22H23BrFNO3/c23-20-14-27-21-12-16(26)4-7-19(21)22(20)15-2-5-17(6-3-15)28-18-8-11-25(13-18)10-1-9-24/h2-7,12,18,26H,1,8-11,13-14H2/t18-/m0/s1. The Morgan fingerprint density at radius 3 is 2.82 bits per heavy atom. The first-order valence-corrected chi connectivity index (χ1v) is 10.3. The van der Waals surface area contributed by atoms with E-state index in [2.05, 4.69) is 20.8 Å². The summed E-state index contributed by atoms with van der Waals surface area (Å²) in [5.74, 6) is 1.71. The van der Waals surface area contributed by atoms with Crippen molar-refractivity contribution in [2.45, 2.75) is 18.9 Å². The van der Waals surface area contributed by atoms with Crippen molar-refractivity contribution in [3.63, 3.8) is 0 Å². The van der Waals surface area contributed by atoms with E-state index in [0.29, 0.717) is 18.8 Å². The minimum atomic E-state index is -0.261. The van der Waals surface area contributed by atoms with Crippen LogP contribution in [0.5, 0.6) is 17.2 Å². The van der Waals surface area contributed by atoms with Gasteiger partial charge in [-0.3, -0.25) is 9.29 Å². The molecular formula is C22H23BrFNO3. The number of benzene rings is 2. The summed E-state index contributed by atoms with van der Waals surface area (Å²) in [5, 5.41) is 9.70. The second kappa shape index (κ2) is 8.53. The van der Waals surface area contributed by atoms with E-state index in [0.717, 1.165) is 53.0 Å². The Bertz CT molecular complexity index is 869. The van der Waals surface area contributed by atoms with E-state index in [4.69, 9.17) is 9.47 Å². The van der Waals surface area contributed by atoms with E-state index in [1.165, 1.54) is 0 Å². The molecule has 148 valence electrons. The molecule has 1 fully saturated rings. The molecule has 6 heteroatoms. The van der Waals surface area contributed by atoms with Gasteiger partial charge < -0.3 is 14.6 Å². The number of ether oxygens (including phenoxy) is 2. The van der Waals surface area contributed by atoms with Gasteiger partial charge in [-0.1, -0.05) is 28.1 Å². The third kappa shape index (κ3) is 4.18. The molecule has 0 amide bonds. The molecule has 2 aliphatic rings. The summed E-state index contributed by atoms with van der Waals surface area (Å²) in [7, 11) is 0. The highest BCUT2D eigenvalue weighted by molar-refractivity contribution is 9.11. The molecule has 0 bridgehead atoms. The highest BCUT2D eigenvalue weighted by Crippen LogP contribution is 2.41. The zero-order valence-electron chi connectivity index (χ0n) is 15.5. The molecule has 0 saturated carbocycles. The van der Waals surface area contributed by atoms with Crippen LogP contribution in [-0.4, -0.2) is 49.0 Å². The number of halogens is 2. The highest BCUT2D eigenvalue weighted by Gasteiger charge is 2.24. The maximum atomic E-state index is 12.3. The van der Waals surface area contributed by atoms with Crippen LogP contribution in [0.1, 0.15) is 24.0 Å². The lowest BCUT2D eigenvalue weighted by molar-refractivity contribution is 0.198. The van der Waals surface area contributed by atoms with Crippen LogP contribution >= 0.6 is 15.9 Å². The van der Waals surface area contributed by atoms with Crippen LogP contribution in [0.15, 0.2) is 46.9 Å². The maximum absolute atomic E-state index is 12.3. The SMILES string of the molecule is Oc1ccc2c(c1)OCC(Br)=C2c1ccc(O[C@H]2CCN(CCCF)C2)cc1.